The summed E-state index contributed by atoms with van der Waals surface area (Å²) in [7, 11) is 0. The van der Waals surface area contributed by atoms with Crippen molar-refractivity contribution < 1.29 is 4.79 Å². The van der Waals surface area contributed by atoms with Crippen LogP contribution in [0.3, 0.4) is 0 Å². The molecule has 0 unspecified atom stereocenters. The van der Waals surface area contributed by atoms with E-state index in [9.17, 15) is 9.59 Å². The third kappa shape index (κ3) is 3.33. The van der Waals surface area contributed by atoms with Gasteiger partial charge in [-0.25, -0.2) is 9.97 Å². The lowest BCUT2D eigenvalue weighted by atomic mass is 9.97. The summed E-state index contributed by atoms with van der Waals surface area (Å²) in [6, 6.07) is 8.21. The summed E-state index contributed by atoms with van der Waals surface area (Å²) in [6.45, 7) is 5.37. The second-order valence-electron chi connectivity index (χ2n) is 7.82. The first-order valence-corrected chi connectivity index (χ1v) is 11.7. The highest BCUT2D eigenvalue weighted by molar-refractivity contribution is 7.19. The molecule has 3 aromatic heterocycles. The van der Waals surface area contributed by atoms with Crippen molar-refractivity contribution in [1.82, 2.24) is 19.4 Å². The van der Waals surface area contributed by atoms with Crippen LogP contribution in [-0.2, 0) is 11.3 Å². The van der Waals surface area contributed by atoms with Gasteiger partial charge in [-0.15, -0.1) is 22.7 Å². The number of thiophene rings is 1. The number of thiazole rings is 1. The summed E-state index contributed by atoms with van der Waals surface area (Å²) in [5.41, 5.74) is 1.89. The van der Waals surface area contributed by atoms with Crippen LogP contribution >= 0.6 is 22.7 Å². The topological polar surface area (TPSA) is 68.1 Å². The number of fused-ring (bicyclic) bond motifs is 2. The third-order valence-electron chi connectivity index (χ3n) is 5.97. The van der Waals surface area contributed by atoms with Crippen molar-refractivity contribution in [2.75, 3.05) is 13.1 Å². The second kappa shape index (κ2) is 7.59. The molecule has 1 fully saturated rings. The summed E-state index contributed by atoms with van der Waals surface area (Å²) < 4.78 is 2.66. The molecule has 1 saturated heterocycles. The minimum atomic E-state index is -0.125. The van der Waals surface area contributed by atoms with Crippen molar-refractivity contribution in [3.8, 4) is 0 Å². The lowest BCUT2D eigenvalue weighted by Crippen LogP contribution is -2.41. The molecule has 0 bridgehead atoms. The highest BCUT2D eigenvalue weighted by Gasteiger charge is 2.26. The SMILES string of the molecule is Cc1sc2ncn(CC(=O)N3CCC(c4nc5ccccc5s4)CC3)c(=O)c2c1C. The molecule has 0 aliphatic carbocycles. The average Bonchev–Trinajstić information content (AvgIpc) is 3.31. The van der Waals surface area contributed by atoms with Crippen LogP contribution in [0.15, 0.2) is 35.4 Å². The summed E-state index contributed by atoms with van der Waals surface area (Å²) in [4.78, 5) is 38.6. The maximum absolute atomic E-state index is 12.9. The fraction of sp³-hybridized carbons (Fsp3) is 0.364. The van der Waals surface area contributed by atoms with E-state index in [1.54, 1.807) is 11.3 Å². The van der Waals surface area contributed by atoms with E-state index in [-0.39, 0.29) is 18.0 Å². The monoisotopic (exact) mass is 438 g/mol. The van der Waals surface area contributed by atoms with Crippen molar-refractivity contribution in [1.29, 1.82) is 0 Å². The minimum absolute atomic E-state index is 0.0226. The van der Waals surface area contributed by atoms with E-state index in [0.29, 0.717) is 24.4 Å². The van der Waals surface area contributed by atoms with E-state index in [0.717, 1.165) is 38.6 Å². The molecule has 0 saturated carbocycles. The van der Waals surface area contributed by atoms with E-state index in [2.05, 4.69) is 11.1 Å². The number of aryl methyl sites for hydroxylation is 2. The number of hydrogen-bond donors (Lipinski definition) is 0. The number of likely N-dealkylation sites (tertiary alicyclic amines) is 1. The van der Waals surface area contributed by atoms with Gasteiger partial charge in [-0.2, -0.15) is 0 Å². The summed E-state index contributed by atoms with van der Waals surface area (Å²) in [5, 5.41) is 1.81. The number of nitrogens with zero attached hydrogens (tertiary/aromatic N) is 4. The fourth-order valence-electron chi connectivity index (χ4n) is 4.07. The molecular formula is C22H22N4O2S2. The number of aromatic nitrogens is 3. The largest absolute Gasteiger partial charge is 0.341 e. The van der Waals surface area contributed by atoms with Crippen LogP contribution in [0, 0.1) is 13.8 Å². The standard InChI is InChI=1S/C22H22N4O2S2/c1-13-14(2)29-21-19(13)22(28)26(12-23-21)11-18(27)25-9-7-15(8-10-25)20-24-16-5-3-4-6-17(16)30-20/h3-6,12,15H,7-11H2,1-2H3. The predicted molar refractivity (Wildman–Crippen MR) is 122 cm³/mol. The Kier molecular flexibility index (Phi) is 4.91. The Hall–Kier alpha value is -2.58. The van der Waals surface area contributed by atoms with Crippen molar-refractivity contribution in [3.05, 3.63) is 56.4 Å². The lowest BCUT2D eigenvalue weighted by Gasteiger charge is -2.31. The molecule has 1 aromatic carbocycles. The Balaban J connectivity index is 1.28. The van der Waals surface area contributed by atoms with Crippen molar-refractivity contribution in [2.45, 2.75) is 39.2 Å². The maximum Gasteiger partial charge on any atom is 0.262 e. The molecule has 154 valence electrons. The van der Waals surface area contributed by atoms with Crippen LogP contribution < -0.4 is 5.56 Å². The van der Waals surface area contributed by atoms with Gasteiger partial charge in [0.2, 0.25) is 5.91 Å². The number of rotatable bonds is 3. The Bertz CT molecular complexity index is 1280. The summed E-state index contributed by atoms with van der Waals surface area (Å²) in [5.74, 6) is 0.370. The molecule has 6 nitrogen and oxygen atoms in total. The minimum Gasteiger partial charge on any atom is -0.341 e. The van der Waals surface area contributed by atoms with Gasteiger partial charge in [0.25, 0.3) is 5.56 Å². The fourth-order valence-corrected chi connectivity index (χ4v) is 6.19. The first-order valence-electron chi connectivity index (χ1n) is 10.1. The number of benzene rings is 1. The predicted octanol–water partition coefficient (Wildman–Crippen LogP) is 4.09. The third-order valence-corrected chi connectivity index (χ3v) is 8.28. The van der Waals surface area contributed by atoms with Gasteiger partial charge in [0, 0.05) is 23.9 Å². The first-order chi connectivity index (χ1) is 14.5. The van der Waals surface area contributed by atoms with Gasteiger partial charge >= 0.3 is 0 Å². The van der Waals surface area contributed by atoms with Crippen LogP contribution in [0.25, 0.3) is 20.4 Å². The average molecular weight is 439 g/mol. The molecule has 8 heteroatoms. The lowest BCUT2D eigenvalue weighted by molar-refractivity contribution is -0.132. The molecule has 0 spiro atoms. The van der Waals surface area contributed by atoms with Gasteiger partial charge in [-0.05, 0) is 44.4 Å². The quantitative estimate of drug-likeness (QED) is 0.483. The zero-order valence-electron chi connectivity index (χ0n) is 16.9. The van der Waals surface area contributed by atoms with Crippen LogP contribution in [0.1, 0.15) is 34.2 Å². The van der Waals surface area contributed by atoms with Crippen LogP contribution in [0.5, 0.6) is 0 Å². The van der Waals surface area contributed by atoms with Gasteiger partial charge in [0.1, 0.15) is 11.4 Å². The van der Waals surface area contributed by atoms with E-state index in [1.807, 2.05) is 36.9 Å². The normalized spacial score (nSPS) is 15.3. The maximum atomic E-state index is 12.9. The number of carbonyl (C=O) groups excluding carboxylic acids is 1. The van der Waals surface area contributed by atoms with E-state index in [4.69, 9.17) is 4.98 Å². The van der Waals surface area contributed by atoms with Crippen molar-refractivity contribution in [2.24, 2.45) is 0 Å². The molecule has 0 radical (unpaired) electrons. The molecule has 1 aliphatic heterocycles. The highest BCUT2D eigenvalue weighted by Crippen LogP contribution is 2.33. The van der Waals surface area contributed by atoms with Crippen LogP contribution in [0.4, 0.5) is 0 Å². The molecule has 0 N–H and O–H groups in total. The zero-order chi connectivity index (χ0) is 20.8. The van der Waals surface area contributed by atoms with Crippen LogP contribution in [-0.4, -0.2) is 38.4 Å². The number of amides is 1. The molecule has 4 aromatic rings. The van der Waals surface area contributed by atoms with Gasteiger partial charge in [-0.1, -0.05) is 12.1 Å². The molecule has 5 rings (SSSR count). The Morgan fingerprint density at radius 1 is 1.17 bits per heavy atom. The molecule has 30 heavy (non-hydrogen) atoms. The highest BCUT2D eigenvalue weighted by atomic mass is 32.1. The zero-order valence-corrected chi connectivity index (χ0v) is 18.6. The first kappa shape index (κ1) is 19.4. The van der Waals surface area contributed by atoms with Gasteiger partial charge < -0.3 is 4.90 Å². The molecule has 1 aliphatic rings. The van der Waals surface area contributed by atoms with E-state index in [1.165, 1.54) is 26.9 Å². The number of carbonyl (C=O) groups is 1. The van der Waals surface area contributed by atoms with Crippen LogP contribution in [0.2, 0.25) is 0 Å². The molecule has 0 atom stereocenters. The van der Waals surface area contributed by atoms with Gasteiger partial charge in [-0.3, -0.25) is 14.2 Å². The summed E-state index contributed by atoms with van der Waals surface area (Å²) in [6.07, 6.45) is 3.31. The number of piperidine rings is 1. The summed E-state index contributed by atoms with van der Waals surface area (Å²) >= 11 is 3.28. The van der Waals surface area contributed by atoms with Gasteiger partial charge in [0.05, 0.1) is 26.9 Å². The Labute approximate surface area is 181 Å². The van der Waals surface area contributed by atoms with Crippen molar-refractivity contribution in [3.63, 3.8) is 0 Å². The molecule has 1 amide bonds. The number of hydrogen-bond acceptors (Lipinski definition) is 6. The Morgan fingerprint density at radius 3 is 2.70 bits per heavy atom. The van der Waals surface area contributed by atoms with E-state index < -0.39 is 0 Å². The van der Waals surface area contributed by atoms with Crippen molar-refractivity contribution >= 4 is 49.0 Å². The second-order valence-corrected chi connectivity index (χ2v) is 10.1. The molecule has 4 heterocycles. The molecular weight excluding hydrogens is 416 g/mol. The number of para-hydroxylation sites is 1. The smallest absolute Gasteiger partial charge is 0.262 e. The Morgan fingerprint density at radius 2 is 1.93 bits per heavy atom. The van der Waals surface area contributed by atoms with E-state index >= 15 is 0 Å². The van der Waals surface area contributed by atoms with Gasteiger partial charge in [0.15, 0.2) is 0 Å².